The Morgan fingerprint density at radius 3 is 2.79 bits per heavy atom. The molecule has 1 aromatic heterocycles. The summed E-state index contributed by atoms with van der Waals surface area (Å²) >= 11 is 0. The van der Waals surface area contributed by atoms with Gasteiger partial charge in [0.25, 0.3) is 0 Å². The molecule has 128 valence electrons. The van der Waals surface area contributed by atoms with Gasteiger partial charge in [0.2, 0.25) is 5.76 Å². The molecule has 0 aliphatic carbocycles. The Bertz CT molecular complexity index is 760. The summed E-state index contributed by atoms with van der Waals surface area (Å²) in [6.07, 6.45) is 1.08. The summed E-state index contributed by atoms with van der Waals surface area (Å²) in [5.74, 6) is 1.10. The Balaban J connectivity index is 1.95. The Labute approximate surface area is 143 Å². The molecule has 2 heterocycles. The largest absolute Gasteiger partial charge is 0.463 e. The Morgan fingerprint density at radius 2 is 2.08 bits per heavy atom. The van der Waals surface area contributed by atoms with Crippen LogP contribution in [-0.4, -0.2) is 18.6 Å². The molecule has 2 aromatic rings. The molecule has 0 saturated heterocycles. The number of carbonyl (C=O) groups excluding carboxylic acids is 1. The van der Waals surface area contributed by atoms with E-state index in [2.05, 4.69) is 50.8 Å². The van der Waals surface area contributed by atoms with Crippen molar-refractivity contribution in [1.82, 2.24) is 0 Å². The van der Waals surface area contributed by atoms with Crippen LogP contribution < -0.4 is 4.90 Å². The third kappa shape index (κ3) is 2.93. The number of hydrogen-bond donors (Lipinski definition) is 0. The molecule has 1 aromatic carbocycles. The van der Waals surface area contributed by atoms with Crippen LogP contribution in [0.5, 0.6) is 0 Å². The number of methoxy groups -OCH3 is 1. The molecule has 0 N–H and O–H groups in total. The highest BCUT2D eigenvalue weighted by Gasteiger charge is 2.36. The van der Waals surface area contributed by atoms with Gasteiger partial charge in [0, 0.05) is 11.2 Å². The second-order valence-electron chi connectivity index (χ2n) is 7.32. The normalized spacial score (nSPS) is 19.0. The SMILES string of the molecule is COC(=O)c1ccc(CN2c3ccc(C)cc3C(C)CC2(C)C)o1. The van der Waals surface area contributed by atoms with E-state index in [0.29, 0.717) is 12.5 Å². The fourth-order valence-corrected chi connectivity index (χ4v) is 3.74. The number of benzene rings is 1. The van der Waals surface area contributed by atoms with E-state index >= 15 is 0 Å². The second-order valence-corrected chi connectivity index (χ2v) is 7.32. The number of anilines is 1. The number of hydrogen-bond acceptors (Lipinski definition) is 4. The van der Waals surface area contributed by atoms with Crippen LogP contribution >= 0.6 is 0 Å². The van der Waals surface area contributed by atoms with Crippen molar-refractivity contribution in [2.75, 3.05) is 12.0 Å². The first kappa shape index (κ1) is 16.6. The number of rotatable bonds is 3. The van der Waals surface area contributed by atoms with Crippen LogP contribution in [0, 0.1) is 6.92 Å². The molecule has 24 heavy (non-hydrogen) atoms. The minimum Gasteiger partial charge on any atom is -0.463 e. The number of furan rings is 1. The van der Waals surface area contributed by atoms with E-state index in [1.807, 2.05) is 6.07 Å². The lowest BCUT2D eigenvalue weighted by Gasteiger charge is -2.47. The zero-order chi connectivity index (χ0) is 17.5. The van der Waals surface area contributed by atoms with Crippen molar-refractivity contribution < 1.29 is 13.9 Å². The Hall–Kier alpha value is -2.23. The maximum Gasteiger partial charge on any atom is 0.373 e. The number of carbonyl (C=O) groups is 1. The maximum absolute atomic E-state index is 11.6. The van der Waals surface area contributed by atoms with Crippen molar-refractivity contribution in [1.29, 1.82) is 0 Å². The van der Waals surface area contributed by atoms with Gasteiger partial charge in [-0.2, -0.15) is 0 Å². The molecule has 0 saturated carbocycles. The molecule has 1 atom stereocenters. The zero-order valence-corrected chi connectivity index (χ0v) is 15.1. The quantitative estimate of drug-likeness (QED) is 0.769. The number of nitrogens with zero attached hydrogens (tertiary/aromatic N) is 1. The first-order valence-corrected chi connectivity index (χ1v) is 8.37. The van der Waals surface area contributed by atoms with Gasteiger partial charge in [0.05, 0.1) is 13.7 Å². The van der Waals surface area contributed by atoms with E-state index in [9.17, 15) is 4.79 Å². The van der Waals surface area contributed by atoms with Crippen LogP contribution in [0.2, 0.25) is 0 Å². The van der Waals surface area contributed by atoms with Crippen LogP contribution in [0.4, 0.5) is 5.69 Å². The van der Waals surface area contributed by atoms with Gasteiger partial charge in [-0.3, -0.25) is 0 Å². The van der Waals surface area contributed by atoms with E-state index in [-0.39, 0.29) is 11.3 Å². The monoisotopic (exact) mass is 327 g/mol. The van der Waals surface area contributed by atoms with Crippen LogP contribution in [-0.2, 0) is 11.3 Å². The smallest absolute Gasteiger partial charge is 0.373 e. The van der Waals surface area contributed by atoms with Crippen molar-refractivity contribution >= 4 is 11.7 Å². The highest BCUT2D eigenvalue weighted by Crippen LogP contribution is 2.44. The summed E-state index contributed by atoms with van der Waals surface area (Å²) in [4.78, 5) is 14.0. The number of aryl methyl sites for hydroxylation is 1. The van der Waals surface area contributed by atoms with E-state index in [1.54, 1.807) is 6.07 Å². The van der Waals surface area contributed by atoms with Crippen LogP contribution in [0.1, 0.15) is 60.6 Å². The van der Waals surface area contributed by atoms with Gasteiger partial charge in [0.15, 0.2) is 0 Å². The lowest BCUT2D eigenvalue weighted by Crippen LogP contribution is -2.47. The average molecular weight is 327 g/mol. The van der Waals surface area contributed by atoms with Gasteiger partial charge in [-0.05, 0) is 56.9 Å². The van der Waals surface area contributed by atoms with Crippen LogP contribution in [0.25, 0.3) is 0 Å². The Kier molecular flexibility index (Phi) is 4.16. The summed E-state index contributed by atoms with van der Waals surface area (Å²) in [5, 5.41) is 0. The fourth-order valence-electron chi connectivity index (χ4n) is 3.74. The van der Waals surface area contributed by atoms with Crippen molar-refractivity contribution in [3.63, 3.8) is 0 Å². The summed E-state index contributed by atoms with van der Waals surface area (Å²) in [6.45, 7) is 9.57. The number of fused-ring (bicyclic) bond motifs is 1. The molecule has 0 radical (unpaired) electrons. The lowest BCUT2D eigenvalue weighted by molar-refractivity contribution is 0.0563. The van der Waals surface area contributed by atoms with Gasteiger partial charge < -0.3 is 14.1 Å². The third-order valence-electron chi connectivity index (χ3n) is 4.90. The van der Waals surface area contributed by atoms with Gasteiger partial charge >= 0.3 is 5.97 Å². The van der Waals surface area contributed by atoms with Gasteiger partial charge in [-0.1, -0.05) is 24.6 Å². The number of esters is 1. The minimum atomic E-state index is -0.441. The summed E-state index contributed by atoms with van der Waals surface area (Å²) in [6, 6.07) is 10.2. The molecule has 4 nitrogen and oxygen atoms in total. The first-order chi connectivity index (χ1) is 11.3. The van der Waals surface area contributed by atoms with Gasteiger partial charge in [-0.15, -0.1) is 0 Å². The highest BCUT2D eigenvalue weighted by molar-refractivity contribution is 5.86. The van der Waals surface area contributed by atoms with E-state index < -0.39 is 5.97 Å². The second kappa shape index (κ2) is 6.00. The zero-order valence-electron chi connectivity index (χ0n) is 15.1. The van der Waals surface area contributed by atoms with Crippen molar-refractivity contribution in [3.05, 3.63) is 53.0 Å². The minimum absolute atomic E-state index is 0.0138. The molecule has 4 heteroatoms. The van der Waals surface area contributed by atoms with E-state index in [1.165, 1.54) is 23.9 Å². The topological polar surface area (TPSA) is 42.7 Å². The summed E-state index contributed by atoms with van der Waals surface area (Å²) < 4.78 is 10.4. The van der Waals surface area contributed by atoms with E-state index in [4.69, 9.17) is 9.15 Å². The van der Waals surface area contributed by atoms with Crippen LogP contribution in [0.3, 0.4) is 0 Å². The molecule has 0 amide bonds. The van der Waals surface area contributed by atoms with Gasteiger partial charge in [-0.25, -0.2) is 4.79 Å². The van der Waals surface area contributed by atoms with Crippen LogP contribution in [0.15, 0.2) is 34.7 Å². The lowest BCUT2D eigenvalue weighted by atomic mass is 9.79. The molecule has 0 fully saturated rings. The van der Waals surface area contributed by atoms with Crippen molar-refractivity contribution in [3.8, 4) is 0 Å². The molecule has 1 aliphatic heterocycles. The summed E-state index contributed by atoms with van der Waals surface area (Å²) in [7, 11) is 1.36. The molecule has 1 aliphatic rings. The standard InChI is InChI=1S/C20H25NO3/c1-13-6-8-17-16(10-13)14(2)11-20(3,4)21(17)12-15-7-9-18(24-15)19(22)23-5/h6-10,14H,11-12H2,1-5H3. The highest BCUT2D eigenvalue weighted by atomic mass is 16.5. The third-order valence-corrected chi connectivity index (χ3v) is 4.90. The fraction of sp³-hybridized carbons (Fsp3) is 0.450. The number of ether oxygens (including phenoxy) is 1. The molecule has 0 bridgehead atoms. The molecule has 1 unspecified atom stereocenters. The predicted octanol–water partition coefficient (Wildman–Crippen LogP) is 4.67. The van der Waals surface area contributed by atoms with Crippen molar-refractivity contribution in [2.24, 2.45) is 0 Å². The molecular weight excluding hydrogens is 302 g/mol. The summed E-state index contributed by atoms with van der Waals surface area (Å²) in [5.41, 5.74) is 3.93. The molecule has 0 spiro atoms. The molecule has 3 rings (SSSR count). The Morgan fingerprint density at radius 1 is 1.33 bits per heavy atom. The van der Waals surface area contributed by atoms with Crippen molar-refractivity contribution in [2.45, 2.75) is 52.1 Å². The average Bonchev–Trinajstić information content (AvgIpc) is 2.99. The van der Waals surface area contributed by atoms with Gasteiger partial charge in [0.1, 0.15) is 5.76 Å². The van der Waals surface area contributed by atoms with E-state index in [0.717, 1.165) is 12.2 Å². The molecular formula is C20H25NO3. The predicted molar refractivity (Wildman–Crippen MR) is 94.5 cm³/mol. The first-order valence-electron chi connectivity index (χ1n) is 8.37. The maximum atomic E-state index is 11.6.